The molecule has 2 rings (SSSR count). The van der Waals surface area contributed by atoms with Gasteiger partial charge in [-0.3, -0.25) is 0 Å². The topological polar surface area (TPSA) is 85.0 Å². The highest BCUT2D eigenvalue weighted by Crippen LogP contribution is 2.34. The number of aliphatic imine (C=N–C) groups is 1. The molecular formula is C15H22FN3O3S. The van der Waals surface area contributed by atoms with Crippen molar-refractivity contribution in [3.8, 4) is 0 Å². The number of sulfonamides is 1. The fraction of sp³-hybridized carbons (Fsp3) is 0.533. The highest BCUT2D eigenvalue weighted by Gasteiger charge is 2.45. The average molecular weight is 343 g/mol. The molecule has 0 radical (unpaired) electrons. The van der Waals surface area contributed by atoms with Gasteiger partial charge in [-0.15, -0.1) is 0 Å². The lowest BCUT2D eigenvalue weighted by Crippen LogP contribution is -2.53. The van der Waals surface area contributed by atoms with Gasteiger partial charge >= 0.3 is 0 Å². The van der Waals surface area contributed by atoms with Crippen molar-refractivity contribution in [2.24, 2.45) is 10.7 Å². The van der Waals surface area contributed by atoms with E-state index in [9.17, 15) is 12.8 Å². The molecule has 1 heterocycles. The second-order valence-electron chi connectivity index (χ2n) is 5.61. The van der Waals surface area contributed by atoms with Gasteiger partial charge in [-0.25, -0.2) is 22.1 Å². The van der Waals surface area contributed by atoms with Crippen LogP contribution in [-0.4, -0.2) is 44.7 Å². The standard InChI is InChI=1S/C15H22FN3O3S/c1-3-4-9-22-10-15(12-7-5-6-8-13(12)16)11-23(20,21)19(2)14(17)18-15/h5-8H,3-4,9-11H2,1-2H3,(H2,17,18). The first kappa shape index (κ1) is 17.7. The Morgan fingerprint density at radius 1 is 1.43 bits per heavy atom. The number of halogens is 1. The summed E-state index contributed by atoms with van der Waals surface area (Å²) in [5, 5.41) is 0. The Kier molecular flexibility index (Phi) is 5.26. The van der Waals surface area contributed by atoms with Crippen LogP contribution in [0.3, 0.4) is 0 Å². The third-order valence-corrected chi connectivity index (χ3v) is 5.71. The lowest BCUT2D eigenvalue weighted by Gasteiger charge is -2.37. The molecule has 23 heavy (non-hydrogen) atoms. The molecule has 2 N–H and O–H groups in total. The van der Waals surface area contributed by atoms with Gasteiger partial charge in [-0.2, -0.15) is 0 Å². The van der Waals surface area contributed by atoms with Gasteiger partial charge < -0.3 is 10.5 Å². The molecule has 8 heteroatoms. The summed E-state index contributed by atoms with van der Waals surface area (Å²) in [5.74, 6) is -1.08. The van der Waals surface area contributed by atoms with Crippen molar-refractivity contribution >= 4 is 16.0 Å². The van der Waals surface area contributed by atoms with E-state index >= 15 is 0 Å². The SMILES string of the molecule is CCCCOCC1(c2ccccc2F)CS(=O)(=O)N(C)C(N)=N1. The Morgan fingerprint density at radius 2 is 2.13 bits per heavy atom. The van der Waals surface area contributed by atoms with Crippen LogP contribution in [0.2, 0.25) is 0 Å². The van der Waals surface area contributed by atoms with Gasteiger partial charge in [0.1, 0.15) is 17.1 Å². The van der Waals surface area contributed by atoms with Crippen LogP contribution < -0.4 is 5.73 Å². The second-order valence-corrected chi connectivity index (χ2v) is 7.61. The Hall–Kier alpha value is -1.67. The van der Waals surface area contributed by atoms with Gasteiger partial charge in [0.05, 0.1) is 6.61 Å². The third-order valence-electron chi connectivity index (χ3n) is 3.85. The number of hydrogen-bond acceptors (Lipinski definition) is 5. The Balaban J connectivity index is 2.47. The quantitative estimate of drug-likeness (QED) is 0.792. The molecule has 1 atom stereocenters. The van der Waals surface area contributed by atoms with Crippen molar-refractivity contribution in [2.45, 2.75) is 25.3 Å². The van der Waals surface area contributed by atoms with Crippen molar-refractivity contribution in [1.82, 2.24) is 4.31 Å². The molecular weight excluding hydrogens is 321 g/mol. The molecule has 0 fully saturated rings. The minimum absolute atomic E-state index is 0.0400. The van der Waals surface area contributed by atoms with Gasteiger partial charge in [0.25, 0.3) is 0 Å². The zero-order valence-electron chi connectivity index (χ0n) is 13.3. The van der Waals surface area contributed by atoms with E-state index in [1.807, 2.05) is 6.92 Å². The van der Waals surface area contributed by atoms with Crippen molar-refractivity contribution in [3.05, 3.63) is 35.6 Å². The molecule has 6 nitrogen and oxygen atoms in total. The van der Waals surface area contributed by atoms with E-state index in [1.54, 1.807) is 12.1 Å². The summed E-state index contributed by atoms with van der Waals surface area (Å²) < 4.78 is 45.5. The molecule has 128 valence electrons. The maximum Gasteiger partial charge on any atom is 0.240 e. The number of nitrogens with two attached hydrogens (primary N) is 1. The minimum Gasteiger partial charge on any atom is -0.379 e. The first-order valence-corrected chi connectivity index (χ1v) is 9.08. The molecule has 0 saturated carbocycles. The van der Waals surface area contributed by atoms with Crippen LogP contribution >= 0.6 is 0 Å². The number of nitrogens with zero attached hydrogens (tertiary/aromatic N) is 2. The summed E-state index contributed by atoms with van der Waals surface area (Å²) in [7, 11) is -2.36. The molecule has 1 aromatic carbocycles. The molecule has 1 aromatic rings. The van der Waals surface area contributed by atoms with Crippen molar-refractivity contribution in [1.29, 1.82) is 0 Å². The van der Waals surface area contributed by atoms with E-state index in [0.717, 1.165) is 17.1 Å². The number of hydrogen-bond donors (Lipinski definition) is 1. The molecule has 0 spiro atoms. The van der Waals surface area contributed by atoms with Crippen LogP contribution in [0, 0.1) is 5.82 Å². The van der Waals surface area contributed by atoms with Gasteiger partial charge in [0.2, 0.25) is 16.0 Å². The summed E-state index contributed by atoms with van der Waals surface area (Å²) >= 11 is 0. The van der Waals surface area contributed by atoms with Gasteiger partial charge in [0, 0.05) is 19.2 Å². The molecule has 1 aliphatic heterocycles. The fourth-order valence-electron chi connectivity index (χ4n) is 2.48. The molecule has 1 unspecified atom stereocenters. The van der Waals surface area contributed by atoms with E-state index in [2.05, 4.69) is 4.99 Å². The third kappa shape index (κ3) is 3.64. The highest BCUT2D eigenvalue weighted by atomic mass is 32.2. The van der Waals surface area contributed by atoms with Crippen molar-refractivity contribution < 1.29 is 17.5 Å². The van der Waals surface area contributed by atoms with E-state index in [1.165, 1.54) is 19.2 Å². The van der Waals surface area contributed by atoms with E-state index in [0.29, 0.717) is 6.61 Å². The summed E-state index contributed by atoms with van der Waals surface area (Å²) in [6.45, 7) is 2.44. The number of guanidine groups is 1. The summed E-state index contributed by atoms with van der Waals surface area (Å²) in [6.07, 6.45) is 1.78. The van der Waals surface area contributed by atoms with Crippen molar-refractivity contribution in [2.75, 3.05) is 26.0 Å². The lowest BCUT2D eigenvalue weighted by molar-refractivity contribution is 0.0873. The Labute approximate surface area is 136 Å². The molecule has 1 aliphatic rings. The van der Waals surface area contributed by atoms with Crippen LogP contribution in [-0.2, 0) is 20.3 Å². The first-order valence-electron chi connectivity index (χ1n) is 7.47. The minimum atomic E-state index is -3.69. The normalized spacial score (nSPS) is 23.6. The van der Waals surface area contributed by atoms with E-state index in [4.69, 9.17) is 10.5 Å². The zero-order valence-corrected chi connectivity index (χ0v) is 14.1. The van der Waals surface area contributed by atoms with Crippen molar-refractivity contribution in [3.63, 3.8) is 0 Å². The number of ether oxygens (including phenoxy) is 1. The lowest BCUT2D eigenvalue weighted by atomic mass is 9.92. The zero-order chi connectivity index (χ0) is 17.1. The van der Waals surface area contributed by atoms with E-state index < -0.39 is 21.4 Å². The fourth-order valence-corrected chi connectivity index (χ4v) is 3.91. The molecule has 0 bridgehead atoms. The maximum absolute atomic E-state index is 14.3. The second kappa shape index (κ2) is 6.84. The molecule has 0 aromatic heterocycles. The predicted molar refractivity (Wildman–Crippen MR) is 87.0 cm³/mol. The molecule has 0 aliphatic carbocycles. The van der Waals surface area contributed by atoms with E-state index in [-0.39, 0.29) is 23.9 Å². The van der Waals surface area contributed by atoms with Gasteiger partial charge in [0.15, 0.2) is 0 Å². The summed E-state index contributed by atoms with van der Waals surface area (Å²) in [5.41, 5.74) is 4.58. The molecule has 0 saturated heterocycles. The predicted octanol–water partition coefficient (Wildman–Crippen LogP) is 1.43. The monoisotopic (exact) mass is 343 g/mol. The Morgan fingerprint density at radius 3 is 2.74 bits per heavy atom. The summed E-state index contributed by atoms with van der Waals surface area (Å²) in [4.78, 5) is 4.30. The first-order chi connectivity index (χ1) is 10.8. The number of unbranched alkanes of at least 4 members (excludes halogenated alkanes) is 1. The van der Waals surface area contributed by atoms with Crippen LogP contribution in [0.1, 0.15) is 25.3 Å². The highest BCUT2D eigenvalue weighted by molar-refractivity contribution is 7.89. The number of benzene rings is 1. The largest absolute Gasteiger partial charge is 0.379 e. The van der Waals surface area contributed by atoms with Crippen LogP contribution in [0.25, 0.3) is 0 Å². The van der Waals surface area contributed by atoms with Gasteiger partial charge in [-0.1, -0.05) is 31.5 Å². The maximum atomic E-state index is 14.3. The molecule has 0 amide bonds. The summed E-state index contributed by atoms with van der Waals surface area (Å²) in [6, 6.07) is 5.99. The van der Waals surface area contributed by atoms with Gasteiger partial charge in [-0.05, 0) is 12.5 Å². The Bertz CT molecular complexity index is 693. The smallest absolute Gasteiger partial charge is 0.240 e. The number of rotatable bonds is 6. The van der Waals surface area contributed by atoms with Crippen LogP contribution in [0.15, 0.2) is 29.3 Å². The van der Waals surface area contributed by atoms with Crippen LogP contribution in [0.4, 0.5) is 4.39 Å². The average Bonchev–Trinajstić information content (AvgIpc) is 2.49. The van der Waals surface area contributed by atoms with Crippen LogP contribution in [0.5, 0.6) is 0 Å².